The van der Waals surface area contributed by atoms with Crippen molar-refractivity contribution >= 4 is 29.0 Å². The van der Waals surface area contributed by atoms with Gasteiger partial charge in [0.2, 0.25) is 0 Å². The minimum atomic E-state index is -0.261. The van der Waals surface area contributed by atoms with Crippen LogP contribution in [-0.2, 0) is 7.86 Å². The van der Waals surface area contributed by atoms with Crippen molar-refractivity contribution in [3.63, 3.8) is 0 Å². The predicted octanol–water partition coefficient (Wildman–Crippen LogP) is 1.29. The largest absolute Gasteiger partial charge is 0.394 e. The molecule has 0 aromatic carbocycles. The van der Waals surface area contributed by atoms with E-state index < -0.39 is 0 Å². The van der Waals surface area contributed by atoms with E-state index in [1.165, 1.54) is 23.0 Å². The van der Waals surface area contributed by atoms with Crippen LogP contribution in [0.3, 0.4) is 0 Å². The number of carbonyl (C=O) groups is 1. The number of hydrogen-bond donors (Lipinski definition) is 0. The van der Waals surface area contributed by atoms with E-state index in [1.54, 1.807) is 0 Å². The van der Waals surface area contributed by atoms with Gasteiger partial charge in [0, 0.05) is 6.42 Å². The molecule has 0 atom stereocenters. The van der Waals surface area contributed by atoms with Crippen molar-refractivity contribution in [2.75, 3.05) is 0 Å². The van der Waals surface area contributed by atoms with Crippen LogP contribution in [0.15, 0.2) is 0 Å². The fraction of sp³-hybridized carbons (Fsp3) is 0.400. The van der Waals surface area contributed by atoms with Crippen LogP contribution in [0.4, 0.5) is 0 Å². The van der Waals surface area contributed by atoms with Crippen LogP contribution in [-0.4, -0.2) is 5.97 Å². The summed E-state index contributed by atoms with van der Waals surface area (Å²) in [6.07, 6.45) is 5.65. The highest BCUT2D eigenvalue weighted by Gasteiger charge is 1.95. The fourth-order valence-electron chi connectivity index (χ4n) is 0.213. The van der Waals surface area contributed by atoms with Gasteiger partial charge in [0.25, 0.3) is 0 Å². The summed E-state index contributed by atoms with van der Waals surface area (Å²) in [5.74, 6) is 2.07. The van der Waals surface area contributed by atoms with Gasteiger partial charge in [0.15, 0.2) is 23.0 Å². The van der Waals surface area contributed by atoms with Gasteiger partial charge in [0.05, 0.1) is 6.42 Å². The molecule has 8 heavy (non-hydrogen) atoms. The average Bonchev–Trinajstić information content (AvgIpc) is 1.83. The topological polar surface area (TPSA) is 26.3 Å². The van der Waals surface area contributed by atoms with Gasteiger partial charge in [0.1, 0.15) is 0 Å². The Morgan fingerprint density at radius 3 is 2.88 bits per heavy atom. The molecule has 44 valence electrons. The molecule has 0 spiro atoms. The first-order chi connectivity index (χ1) is 3.81. The Labute approximate surface area is 62.3 Å². The molecule has 0 bridgehead atoms. The first kappa shape index (κ1) is 7.76. The molecule has 0 aliphatic rings. The zero-order chi connectivity index (χ0) is 6.41. The summed E-state index contributed by atoms with van der Waals surface area (Å²) in [6.45, 7) is 0. The van der Waals surface area contributed by atoms with Crippen molar-refractivity contribution in [3.8, 4) is 12.3 Å². The minimum Gasteiger partial charge on any atom is -0.394 e. The van der Waals surface area contributed by atoms with Gasteiger partial charge in [-0.1, -0.05) is 0 Å². The number of rotatable bonds is 2. The lowest BCUT2D eigenvalue weighted by atomic mass is 10.3. The third kappa shape index (κ3) is 3.93. The van der Waals surface area contributed by atoms with Crippen LogP contribution in [0.2, 0.25) is 0 Å². The van der Waals surface area contributed by atoms with Crippen molar-refractivity contribution in [2.45, 2.75) is 12.8 Å². The molecule has 0 aliphatic carbocycles. The maximum Gasteiger partial charge on any atom is 0.316 e. The predicted molar refractivity (Wildman–Crippen MR) is 38.2 cm³/mol. The van der Waals surface area contributed by atoms with Gasteiger partial charge in [-0.2, -0.15) is 0 Å². The summed E-state index contributed by atoms with van der Waals surface area (Å²) in [4.78, 5) is 10.2. The molecule has 0 radical (unpaired) electrons. The molecule has 0 aliphatic heterocycles. The molecule has 2 nitrogen and oxygen atoms in total. The molecule has 0 aromatic heterocycles. The van der Waals surface area contributed by atoms with E-state index in [0.29, 0.717) is 12.8 Å². The smallest absolute Gasteiger partial charge is 0.316 e. The van der Waals surface area contributed by atoms with Crippen LogP contribution >= 0.6 is 23.0 Å². The van der Waals surface area contributed by atoms with E-state index in [2.05, 4.69) is 8.99 Å². The van der Waals surface area contributed by atoms with Crippen LogP contribution in [0, 0.1) is 12.3 Å². The zero-order valence-electron chi connectivity index (χ0n) is 4.19. The van der Waals surface area contributed by atoms with E-state index in [-0.39, 0.29) is 5.97 Å². The molecule has 0 aromatic rings. The maximum absolute atomic E-state index is 10.2. The summed E-state index contributed by atoms with van der Waals surface area (Å²) in [5.41, 5.74) is 0. The molecule has 0 saturated carbocycles. The van der Waals surface area contributed by atoms with E-state index in [1.807, 2.05) is 0 Å². The number of halogens is 1. The van der Waals surface area contributed by atoms with Crippen LogP contribution in [0.1, 0.15) is 12.8 Å². The van der Waals surface area contributed by atoms with E-state index in [9.17, 15) is 4.79 Å². The normalized spacial score (nSPS) is 7.50. The third-order valence-corrected chi connectivity index (χ3v) is 1.05. The summed E-state index contributed by atoms with van der Waals surface area (Å²) >= 11 is 1.53. The van der Waals surface area contributed by atoms with Crippen molar-refractivity contribution < 1.29 is 7.86 Å². The quantitative estimate of drug-likeness (QED) is 0.521. The first-order valence-electron chi connectivity index (χ1n) is 2.06. The standard InChI is InChI=1S/C5H5IO2/c1-2-3-4-5(7)8-6/h1H,3-4H2. The Morgan fingerprint density at radius 2 is 2.50 bits per heavy atom. The summed E-state index contributed by atoms with van der Waals surface area (Å²) < 4.78 is 4.29. The summed E-state index contributed by atoms with van der Waals surface area (Å²) in [7, 11) is 0. The highest BCUT2D eigenvalue weighted by Crippen LogP contribution is 1.94. The molecular weight excluding hydrogens is 219 g/mol. The van der Waals surface area contributed by atoms with E-state index in [4.69, 9.17) is 6.42 Å². The summed E-state index contributed by atoms with van der Waals surface area (Å²) in [6, 6.07) is 0. The molecule has 0 heterocycles. The fourth-order valence-corrected chi connectivity index (χ4v) is 0.433. The average molecular weight is 224 g/mol. The highest BCUT2D eigenvalue weighted by molar-refractivity contribution is 14.1. The Morgan fingerprint density at radius 1 is 1.88 bits per heavy atom. The van der Waals surface area contributed by atoms with Gasteiger partial charge >= 0.3 is 5.97 Å². The van der Waals surface area contributed by atoms with E-state index in [0.717, 1.165) is 0 Å². The van der Waals surface area contributed by atoms with Gasteiger partial charge < -0.3 is 3.07 Å². The van der Waals surface area contributed by atoms with Crippen LogP contribution < -0.4 is 0 Å². The molecule has 0 N–H and O–H groups in total. The Hall–Kier alpha value is -0.240. The van der Waals surface area contributed by atoms with Gasteiger partial charge in [-0.25, -0.2) is 0 Å². The van der Waals surface area contributed by atoms with Crippen molar-refractivity contribution in [2.24, 2.45) is 0 Å². The lowest BCUT2D eigenvalue weighted by molar-refractivity contribution is -0.131. The number of carbonyl (C=O) groups excluding carboxylic acids is 1. The zero-order valence-corrected chi connectivity index (χ0v) is 6.34. The highest BCUT2D eigenvalue weighted by atomic mass is 127. The Kier molecular flexibility index (Phi) is 4.76. The monoisotopic (exact) mass is 224 g/mol. The van der Waals surface area contributed by atoms with Crippen molar-refractivity contribution in [1.82, 2.24) is 0 Å². The Bertz CT molecular complexity index is 114. The third-order valence-electron chi connectivity index (χ3n) is 0.560. The van der Waals surface area contributed by atoms with Crippen LogP contribution in [0.5, 0.6) is 0 Å². The minimum absolute atomic E-state index is 0.261. The molecular formula is C5H5IO2. The Balaban J connectivity index is 3.15. The second-order valence-electron chi connectivity index (χ2n) is 1.15. The first-order valence-corrected chi connectivity index (χ1v) is 2.94. The second-order valence-corrected chi connectivity index (χ2v) is 1.59. The molecule has 0 amide bonds. The van der Waals surface area contributed by atoms with Gasteiger partial charge in [-0.15, -0.1) is 12.3 Å². The number of terminal acetylenes is 1. The van der Waals surface area contributed by atoms with Gasteiger partial charge in [-0.05, 0) is 0 Å². The van der Waals surface area contributed by atoms with Gasteiger partial charge in [-0.3, -0.25) is 4.79 Å². The molecule has 0 rings (SSSR count). The molecule has 3 heteroatoms. The second kappa shape index (κ2) is 4.91. The maximum atomic E-state index is 10.2. The van der Waals surface area contributed by atoms with E-state index >= 15 is 0 Å². The molecule has 0 fully saturated rings. The lowest BCUT2D eigenvalue weighted by Gasteiger charge is -1.87. The molecule has 0 unspecified atom stereocenters. The van der Waals surface area contributed by atoms with Crippen molar-refractivity contribution in [1.29, 1.82) is 0 Å². The van der Waals surface area contributed by atoms with Crippen LogP contribution in [0.25, 0.3) is 0 Å². The van der Waals surface area contributed by atoms with Crippen molar-refractivity contribution in [3.05, 3.63) is 0 Å². The SMILES string of the molecule is C#CCCC(=O)OI. The lowest BCUT2D eigenvalue weighted by Crippen LogP contribution is -1.93. The number of hydrogen-bond acceptors (Lipinski definition) is 2. The summed E-state index contributed by atoms with van der Waals surface area (Å²) in [5, 5.41) is 0. The molecule has 0 saturated heterocycles.